The van der Waals surface area contributed by atoms with Crippen molar-refractivity contribution in [3.63, 3.8) is 0 Å². The first-order chi connectivity index (χ1) is 18.9. The Balaban J connectivity index is 1.55. The molecule has 206 valence electrons. The number of aromatic nitrogens is 7. The molecule has 2 aliphatic rings. The highest BCUT2D eigenvalue weighted by Crippen LogP contribution is 2.37. The number of ether oxygens (including phenoxy) is 2. The van der Waals surface area contributed by atoms with Crippen LogP contribution in [0.15, 0.2) is 12.3 Å². The first-order valence-corrected chi connectivity index (χ1v) is 13.5. The zero-order valence-corrected chi connectivity index (χ0v) is 23.2. The van der Waals surface area contributed by atoms with Crippen LogP contribution in [0, 0.1) is 6.92 Å². The van der Waals surface area contributed by atoms with Gasteiger partial charge in [-0.1, -0.05) is 0 Å². The van der Waals surface area contributed by atoms with E-state index < -0.39 is 0 Å². The number of fused-ring (bicyclic) bond motifs is 4. The summed E-state index contributed by atoms with van der Waals surface area (Å²) < 4.78 is 15.9. The summed E-state index contributed by atoms with van der Waals surface area (Å²) in [6.45, 7) is 7.88. The Morgan fingerprint density at radius 3 is 2.85 bits per heavy atom. The number of aliphatic hydroxyl groups is 1. The Bertz CT molecular complexity index is 1530. The summed E-state index contributed by atoms with van der Waals surface area (Å²) >= 11 is 0. The van der Waals surface area contributed by atoms with Gasteiger partial charge >= 0.3 is 0 Å². The van der Waals surface area contributed by atoms with Crippen molar-refractivity contribution in [1.29, 1.82) is 0 Å². The molecule has 4 aromatic rings. The minimum Gasteiger partial charge on any atom is -0.473 e. The number of nitrogens with zero attached hydrogens (tertiary/aromatic N) is 7. The van der Waals surface area contributed by atoms with Crippen LogP contribution in [0.3, 0.4) is 0 Å². The van der Waals surface area contributed by atoms with E-state index in [2.05, 4.69) is 33.2 Å². The molecule has 0 spiro atoms. The van der Waals surface area contributed by atoms with Crippen molar-refractivity contribution < 1.29 is 14.6 Å². The van der Waals surface area contributed by atoms with Crippen molar-refractivity contribution in [3.8, 4) is 17.1 Å². The van der Waals surface area contributed by atoms with Gasteiger partial charge in [-0.15, -0.1) is 0 Å². The number of aliphatic hydroxyl groups excluding tert-OH is 1. The fraction of sp³-hybridized carbons (Fsp3) is 0.500. The van der Waals surface area contributed by atoms with E-state index in [-0.39, 0.29) is 18.8 Å². The molecule has 0 saturated heterocycles. The van der Waals surface area contributed by atoms with E-state index in [0.717, 1.165) is 69.9 Å². The molecule has 2 N–H and O–H groups in total. The molecule has 1 aliphatic carbocycles. The van der Waals surface area contributed by atoms with Crippen LogP contribution in [0.4, 0.5) is 0 Å². The van der Waals surface area contributed by atoms with E-state index in [4.69, 9.17) is 19.6 Å². The Hall–Kier alpha value is -3.54. The highest BCUT2D eigenvalue weighted by Gasteiger charge is 2.33. The molecule has 11 heteroatoms. The molecular formula is C28H36N8O3. The number of nitrogens with one attached hydrogen (secondary N) is 1. The molecule has 4 aromatic heterocycles. The minimum absolute atomic E-state index is 0.0219. The van der Waals surface area contributed by atoms with Crippen LogP contribution in [0.1, 0.15) is 61.1 Å². The fourth-order valence-electron chi connectivity index (χ4n) is 5.50. The van der Waals surface area contributed by atoms with Crippen LogP contribution in [-0.4, -0.2) is 77.2 Å². The van der Waals surface area contributed by atoms with E-state index in [0.29, 0.717) is 25.1 Å². The van der Waals surface area contributed by atoms with Gasteiger partial charge in [0.05, 0.1) is 53.8 Å². The molecule has 11 nitrogen and oxygen atoms in total. The van der Waals surface area contributed by atoms with Gasteiger partial charge in [-0.3, -0.25) is 19.7 Å². The van der Waals surface area contributed by atoms with E-state index in [9.17, 15) is 5.11 Å². The van der Waals surface area contributed by atoms with Gasteiger partial charge in [0.15, 0.2) is 0 Å². The summed E-state index contributed by atoms with van der Waals surface area (Å²) in [4.78, 5) is 7.40. The quantitative estimate of drug-likeness (QED) is 0.401. The van der Waals surface area contributed by atoms with Crippen LogP contribution < -0.4 is 4.74 Å². The van der Waals surface area contributed by atoms with E-state index in [1.165, 1.54) is 0 Å². The number of methoxy groups -OCH3 is 1. The number of pyridine rings is 1. The molecule has 0 aromatic carbocycles. The smallest absolute Gasteiger partial charge is 0.221 e. The summed E-state index contributed by atoms with van der Waals surface area (Å²) in [7, 11) is 3.57. The average molecular weight is 533 g/mol. The maximum Gasteiger partial charge on any atom is 0.221 e. The molecule has 0 radical (unpaired) electrons. The van der Waals surface area contributed by atoms with E-state index >= 15 is 0 Å². The van der Waals surface area contributed by atoms with Crippen molar-refractivity contribution in [1.82, 2.24) is 39.6 Å². The van der Waals surface area contributed by atoms with Gasteiger partial charge in [-0.25, -0.2) is 4.68 Å². The summed E-state index contributed by atoms with van der Waals surface area (Å²) in [6, 6.07) is 2.42. The van der Waals surface area contributed by atoms with Gasteiger partial charge in [-0.05, 0) is 51.8 Å². The number of H-pyrrole nitrogens is 1. The molecule has 1 aliphatic heterocycles. The van der Waals surface area contributed by atoms with Crippen molar-refractivity contribution in [2.75, 3.05) is 20.3 Å². The van der Waals surface area contributed by atoms with E-state index in [1.54, 1.807) is 11.8 Å². The number of rotatable bonds is 5. The van der Waals surface area contributed by atoms with Crippen LogP contribution >= 0.6 is 0 Å². The maximum absolute atomic E-state index is 9.93. The average Bonchev–Trinajstić information content (AvgIpc) is 3.46. The lowest BCUT2D eigenvalue weighted by Crippen LogP contribution is -2.36. The molecule has 39 heavy (non-hydrogen) atoms. The third kappa shape index (κ3) is 4.75. The molecule has 0 unspecified atom stereocenters. The van der Waals surface area contributed by atoms with Crippen molar-refractivity contribution in [3.05, 3.63) is 40.6 Å². The molecule has 5 heterocycles. The lowest BCUT2D eigenvalue weighted by Gasteiger charge is -2.27. The summed E-state index contributed by atoms with van der Waals surface area (Å²) in [5.41, 5.74) is 7.02. The summed E-state index contributed by atoms with van der Waals surface area (Å²) in [6.07, 6.45) is 8.24. The third-order valence-electron chi connectivity index (χ3n) is 7.61. The Morgan fingerprint density at radius 2 is 2.10 bits per heavy atom. The second-order valence-corrected chi connectivity index (χ2v) is 10.8. The Labute approximate surface area is 227 Å². The summed E-state index contributed by atoms with van der Waals surface area (Å²) in [5, 5.41) is 28.1. The highest BCUT2D eigenvalue weighted by molar-refractivity contribution is 5.93. The van der Waals surface area contributed by atoms with Crippen molar-refractivity contribution >= 4 is 23.1 Å². The van der Waals surface area contributed by atoms with Gasteiger partial charge in [0.25, 0.3) is 0 Å². The molecule has 2 bridgehead atoms. The lowest BCUT2D eigenvalue weighted by atomic mass is 10.1. The van der Waals surface area contributed by atoms with Gasteiger partial charge in [0, 0.05) is 44.2 Å². The maximum atomic E-state index is 9.93. The standard InChI is InChI=1S/C28H36N8O3/c1-16(14-37)36-25-13-35(20-7-8-20)12-17(2)39-28-26(24(15-38-5)33-34(28)4)23-10-21-22(9-6-19(25)11-29-36)31-32-27(21)18(3)30-23/h6,9-11,16-17,20,37H,7-8,12-15H2,1-5H3,(H,31,32)/b9-6+/t16-,17-/m0/s1. The number of aromatic amines is 1. The zero-order valence-electron chi connectivity index (χ0n) is 23.2. The predicted molar refractivity (Wildman–Crippen MR) is 148 cm³/mol. The molecule has 1 fully saturated rings. The highest BCUT2D eigenvalue weighted by atomic mass is 16.5. The number of hydrogen-bond donors (Lipinski definition) is 2. The summed E-state index contributed by atoms with van der Waals surface area (Å²) in [5.74, 6) is 0.673. The van der Waals surface area contributed by atoms with E-state index in [1.807, 2.05) is 43.9 Å². The fourth-order valence-corrected chi connectivity index (χ4v) is 5.50. The largest absolute Gasteiger partial charge is 0.473 e. The topological polar surface area (TPSA) is 119 Å². The Morgan fingerprint density at radius 1 is 1.28 bits per heavy atom. The van der Waals surface area contributed by atoms with Crippen LogP contribution in [0.25, 0.3) is 34.3 Å². The predicted octanol–water partition coefficient (Wildman–Crippen LogP) is 3.48. The van der Waals surface area contributed by atoms with Gasteiger partial charge in [0.2, 0.25) is 5.88 Å². The SMILES string of the molecule is COCc1nn(C)c2c1-c1cc3c([nH]nc3c(C)n1)/C=C/c1cnn([C@@H](C)CO)c1CN(C1CC1)C[C@H](C)O2. The first kappa shape index (κ1) is 25.7. The number of aryl methyl sites for hydroxylation is 2. The monoisotopic (exact) mass is 532 g/mol. The Kier molecular flexibility index (Phi) is 6.74. The molecule has 0 amide bonds. The third-order valence-corrected chi connectivity index (χ3v) is 7.61. The molecule has 1 saturated carbocycles. The van der Waals surface area contributed by atoms with Crippen LogP contribution in [0.5, 0.6) is 5.88 Å². The van der Waals surface area contributed by atoms with Gasteiger partial charge in [-0.2, -0.15) is 15.3 Å². The molecule has 2 atom stereocenters. The second-order valence-electron chi connectivity index (χ2n) is 10.8. The lowest BCUT2D eigenvalue weighted by molar-refractivity contribution is 0.124. The zero-order chi connectivity index (χ0) is 27.3. The second kappa shape index (κ2) is 10.2. The van der Waals surface area contributed by atoms with Crippen LogP contribution in [0.2, 0.25) is 0 Å². The van der Waals surface area contributed by atoms with Crippen molar-refractivity contribution in [2.24, 2.45) is 7.05 Å². The minimum atomic E-state index is -0.126. The van der Waals surface area contributed by atoms with Gasteiger partial charge in [0.1, 0.15) is 17.3 Å². The molecule has 6 rings (SSSR count). The van der Waals surface area contributed by atoms with Crippen LogP contribution in [-0.2, 0) is 24.9 Å². The van der Waals surface area contributed by atoms with Crippen molar-refractivity contribution in [2.45, 2.75) is 65.0 Å². The van der Waals surface area contributed by atoms with Gasteiger partial charge < -0.3 is 14.6 Å². The number of hydrogen-bond acceptors (Lipinski definition) is 8. The molecular weight excluding hydrogens is 496 g/mol. The normalized spacial score (nSPS) is 19.8. The first-order valence-electron chi connectivity index (χ1n) is 13.5.